The minimum absolute atomic E-state index is 0.582. The molecule has 0 atom stereocenters. The van der Waals surface area contributed by atoms with Gasteiger partial charge in [0, 0.05) is 0 Å². The van der Waals surface area contributed by atoms with Gasteiger partial charge in [-0.05, 0) is 62.9 Å². The van der Waals surface area contributed by atoms with E-state index in [1.807, 2.05) is 0 Å². The maximum atomic E-state index is 4.25. The monoisotopic (exact) mass is 215 g/mol. The molecule has 0 saturated carbocycles. The summed E-state index contributed by atoms with van der Waals surface area (Å²) in [5.41, 5.74) is 0.582. The molecule has 0 aromatic heterocycles. The minimum atomic E-state index is 0.582. The normalized spacial score (nSPS) is 23.4. The Kier molecular flexibility index (Phi) is 5.32. The van der Waals surface area contributed by atoms with E-state index < -0.39 is 0 Å². The number of rotatable bonds is 4. The first kappa shape index (κ1) is 12.4. The lowest BCUT2D eigenvalue weighted by Crippen LogP contribution is -2.26. The van der Waals surface area contributed by atoms with Crippen molar-refractivity contribution in [3.05, 3.63) is 0 Å². The number of thiol groups is 1. The summed E-state index contributed by atoms with van der Waals surface area (Å²) in [6.07, 6.45) is 6.74. The van der Waals surface area contributed by atoms with Crippen LogP contribution in [0.3, 0.4) is 0 Å². The van der Waals surface area contributed by atoms with E-state index in [1.54, 1.807) is 0 Å². The zero-order valence-corrected chi connectivity index (χ0v) is 10.7. The first-order chi connectivity index (χ1) is 6.64. The first-order valence-electron chi connectivity index (χ1n) is 5.97. The number of likely N-dealkylation sites (tertiary alicyclic amines) is 1. The van der Waals surface area contributed by atoms with E-state index in [9.17, 15) is 0 Å². The van der Waals surface area contributed by atoms with Crippen LogP contribution in [-0.4, -0.2) is 30.3 Å². The highest BCUT2D eigenvalue weighted by atomic mass is 32.1. The summed E-state index contributed by atoms with van der Waals surface area (Å²) in [5.74, 6) is 1.04. The number of hydrogen-bond donors (Lipinski definition) is 1. The van der Waals surface area contributed by atoms with E-state index in [4.69, 9.17) is 0 Å². The number of hydrogen-bond acceptors (Lipinski definition) is 2. The molecule has 0 unspecified atom stereocenters. The molecule has 1 saturated heterocycles. The molecule has 1 nitrogen and oxygen atoms in total. The third kappa shape index (κ3) is 4.70. The first-order valence-corrected chi connectivity index (χ1v) is 6.60. The molecule has 0 spiro atoms. The molecule has 14 heavy (non-hydrogen) atoms. The Balaban J connectivity index is 2.21. The molecule has 1 rings (SSSR count). The van der Waals surface area contributed by atoms with Gasteiger partial charge in [0.2, 0.25) is 0 Å². The van der Waals surface area contributed by atoms with Gasteiger partial charge in [0.05, 0.1) is 0 Å². The second kappa shape index (κ2) is 6.02. The fourth-order valence-electron chi connectivity index (χ4n) is 2.15. The van der Waals surface area contributed by atoms with Crippen LogP contribution in [0.5, 0.6) is 0 Å². The van der Waals surface area contributed by atoms with Crippen LogP contribution in [0.4, 0.5) is 0 Å². The van der Waals surface area contributed by atoms with Gasteiger partial charge in [0.1, 0.15) is 0 Å². The average Bonchev–Trinajstić information content (AvgIpc) is 2.28. The molecule has 84 valence electrons. The molecule has 0 aliphatic carbocycles. The Morgan fingerprint density at radius 2 is 1.93 bits per heavy atom. The predicted octanol–water partition coefficient (Wildman–Crippen LogP) is 3.21. The van der Waals surface area contributed by atoms with Gasteiger partial charge in [-0.25, -0.2) is 0 Å². The number of nitrogens with zero attached hydrogens (tertiary/aromatic N) is 1. The zero-order chi connectivity index (χ0) is 10.4. The van der Waals surface area contributed by atoms with E-state index in [0.717, 1.165) is 5.75 Å². The van der Waals surface area contributed by atoms with E-state index in [-0.39, 0.29) is 0 Å². The summed E-state index contributed by atoms with van der Waals surface area (Å²) in [7, 11) is 0. The summed E-state index contributed by atoms with van der Waals surface area (Å²) in [5, 5.41) is 0. The van der Waals surface area contributed by atoms with Crippen LogP contribution in [-0.2, 0) is 0 Å². The van der Waals surface area contributed by atoms with Crippen LogP contribution in [0, 0.1) is 5.41 Å². The van der Waals surface area contributed by atoms with Gasteiger partial charge in [-0.2, -0.15) is 12.6 Å². The van der Waals surface area contributed by atoms with Crippen molar-refractivity contribution in [3.63, 3.8) is 0 Å². The van der Waals surface area contributed by atoms with Crippen molar-refractivity contribution in [3.8, 4) is 0 Å². The molecule has 0 radical (unpaired) electrons. The van der Waals surface area contributed by atoms with Crippen LogP contribution in [0.1, 0.15) is 46.0 Å². The summed E-state index contributed by atoms with van der Waals surface area (Å²) in [4.78, 5) is 2.64. The molecule has 2 heteroatoms. The fourth-order valence-corrected chi connectivity index (χ4v) is 2.37. The van der Waals surface area contributed by atoms with Gasteiger partial charge < -0.3 is 4.90 Å². The molecule has 0 aromatic carbocycles. The lowest BCUT2D eigenvalue weighted by atomic mass is 9.85. The maximum absolute atomic E-state index is 4.25. The van der Waals surface area contributed by atoms with Crippen molar-refractivity contribution in [1.29, 1.82) is 0 Å². The Morgan fingerprint density at radius 3 is 2.64 bits per heavy atom. The topological polar surface area (TPSA) is 3.24 Å². The molecule has 1 fully saturated rings. The predicted molar refractivity (Wildman–Crippen MR) is 67.2 cm³/mol. The summed E-state index contributed by atoms with van der Waals surface area (Å²) in [6, 6.07) is 0. The fraction of sp³-hybridized carbons (Fsp3) is 1.00. The molecule has 1 aliphatic rings. The van der Waals surface area contributed by atoms with Crippen molar-refractivity contribution in [2.75, 3.05) is 25.4 Å². The van der Waals surface area contributed by atoms with E-state index in [0.29, 0.717) is 5.41 Å². The maximum Gasteiger partial charge on any atom is -0.00136 e. The van der Waals surface area contributed by atoms with E-state index in [1.165, 1.54) is 51.7 Å². The Hall–Kier alpha value is 0.310. The SMILES string of the molecule is CC1(C)CCCN(CCCCS)CC1. The lowest BCUT2D eigenvalue weighted by Gasteiger charge is -2.23. The van der Waals surface area contributed by atoms with Gasteiger partial charge in [0.15, 0.2) is 0 Å². The van der Waals surface area contributed by atoms with Crippen LogP contribution >= 0.6 is 12.6 Å². The Labute approximate surface area is 94.7 Å². The van der Waals surface area contributed by atoms with Crippen molar-refractivity contribution in [2.45, 2.75) is 46.0 Å². The Bertz CT molecular complexity index is 156. The number of unbranched alkanes of at least 4 members (excludes halogenated alkanes) is 1. The molecule has 0 N–H and O–H groups in total. The van der Waals surface area contributed by atoms with E-state index in [2.05, 4.69) is 31.4 Å². The van der Waals surface area contributed by atoms with Gasteiger partial charge in [-0.15, -0.1) is 0 Å². The van der Waals surface area contributed by atoms with Crippen LogP contribution in [0.15, 0.2) is 0 Å². The van der Waals surface area contributed by atoms with E-state index >= 15 is 0 Å². The molecule has 0 bridgehead atoms. The van der Waals surface area contributed by atoms with Gasteiger partial charge in [0.25, 0.3) is 0 Å². The highest BCUT2D eigenvalue weighted by molar-refractivity contribution is 7.80. The molecular formula is C12H25NS. The smallest absolute Gasteiger partial charge is 0.00136 e. The molecule has 0 aromatic rings. The second-order valence-corrected chi connectivity index (χ2v) is 5.74. The Morgan fingerprint density at radius 1 is 1.14 bits per heavy atom. The summed E-state index contributed by atoms with van der Waals surface area (Å²) in [6.45, 7) is 8.72. The highest BCUT2D eigenvalue weighted by Crippen LogP contribution is 2.29. The third-order valence-electron chi connectivity index (χ3n) is 3.32. The van der Waals surface area contributed by atoms with Gasteiger partial charge in [-0.3, -0.25) is 0 Å². The third-order valence-corrected chi connectivity index (χ3v) is 3.63. The van der Waals surface area contributed by atoms with Crippen molar-refractivity contribution in [2.24, 2.45) is 5.41 Å². The molecule has 1 heterocycles. The standard InChI is InChI=1S/C12H25NS/c1-12(2)6-5-9-13(10-7-12)8-3-4-11-14/h14H,3-11H2,1-2H3. The van der Waals surface area contributed by atoms with Gasteiger partial charge >= 0.3 is 0 Å². The zero-order valence-electron chi connectivity index (χ0n) is 9.76. The molecule has 1 aliphatic heterocycles. The van der Waals surface area contributed by atoms with Crippen molar-refractivity contribution >= 4 is 12.6 Å². The average molecular weight is 215 g/mol. The largest absolute Gasteiger partial charge is 0.303 e. The van der Waals surface area contributed by atoms with Gasteiger partial charge in [-0.1, -0.05) is 13.8 Å². The quantitative estimate of drug-likeness (QED) is 0.557. The van der Waals surface area contributed by atoms with Crippen LogP contribution in [0.2, 0.25) is 0 Å². The minimum Gasteiger partial charge on any atom is -0.303 e. The molecular weight excluding hydrogens is 190 g/mol. The van der Waals surface area contributed by atoms with Crippen LogP contribution < -0.4 is 0 Å². The van der Waals surface area contributed by atoms with Crippen LogP contribution in [0.25, 0.3) is 0 Å². The second-order valence-electron chi connectivity index (χ2n) is 5.29. The van der Waals surface area contributed by atoms with Crippen molar-refractivity contribution in [1.82, 2.24) is 4.90 Å². The summed E-state index contributed by atoms with van der Waals surface area (Å²) >= 11 is 4.25. The lowest BCUT2D eigenvalue weighted by molar-refractivity contribution is 0.259. The van der Waals surface area contributed by atoms with Crippen molar-refractivity contribution < 1.29 is 0 Å². The molecule has 0 amide bonds. The highest BCUT2D eigenvalue weighted by Gasteiger charge is 2.22. The summed E-state index contributed by atoms with van der Waals surface area (Å²) < 4.78 is 0.